The van der Waals surface area contributed by atoms with Gasteiger partial charge in [0.05, 0.1) is 29.3 Å². The average Bonchev–Trinajstić information content (AvgIpc) is 3.25. The van der Waals surface area contributed by atoms with Gasteiger partial charge in [0.1, 0.15) is 4.88 Å². The van der Waals surface area contributed by atoms with E-state index < -0.39 is 5.97 Å². The van der Waals surface area contributed by atoms with Gasteiger partial charge in [0, 0.05) is 17.7 Å². The molecule has 7 nitrogen and oxygen atoms in total. The quantitative estimate of drug-likeness (QED) is 0.672. The molecular weight excluding hydrogens is 364 g/mol. The first-order valence-electron chi connectivity index (χ1n) is 8.85. The zero-order valence-corrected chi connectivity index (χ0v) is 16.2. The summed E-state index contributed by atoms with van der Waals surface area (Å²) in [5.41, 5.74) is 2.24. The number of esters is 1. The van der Waals surface area contributed by atoms with Crippen molar-refractivity contribution in [2.24, 2.45) is 0 Å². The number of hydrogen-bond donors (Lipinski definition) is 1. The van der Waals surface area contributed by atoms with Crippen molar-refractivity contribution in [1.29, 1.82) is 0 Å². The van der Waals surface area contributed by atoms with Crippen LogP contribution in [0.4, 0.5) is 5.00 Å². The minimum absolute atomic E-state index is 0.153. The Morgan fingerprint density at radius 1 is 1.33 bits per heavy atom. The number of carbonyl (C=O) groups is 2. The van der Waals surface area contributed by atoms with E-state index in [9.17, 15) is 9.59 Å². The van der Waals surface area contributed by atoms with E-state index in [-0.39, 0.29) is 11.9 Å². The lowest BCUT2D eigenvalue weighted by Crippen LogP contribution is -2.13. The number of anilines is 1. The third-order valence-electron chi connectivity index (χ3n) is 4.55. The molecule has 1 aliphatic carbocycles. The molecule has 8 heteroatoms. The summed E-state index contributed by atoms with van der Waals surface area (Å²) in [6.07, 6.45) is 3.90. The van der Waals surface area contributed by atoms with E-state index in [0.29, 0.717) is 21.4 Å². The molecule has 0 aromatic carbocycles. The van der Waals surface area contributed by atoms with E-state index in [1.807, 2.05) is 24.6 Å². The summed E-state index contributed by atoms with van der Waals surface area (Å²) < 4.78 is 6.56. The Morgan fingerprint density at radius 2 is 2.11 bits per heavy atom. The van der Waals surface area contributed by atoms with Crippen LogP contribution in [-0.2, 0) is 4.74 Å². The number of methoxy groups -OCH3 is 1. The van der Waals surface area contributed by atoms with Crippen molar-refractivity contribution >= 4 is 39.2 Å². The maximum atomic E-state index is 13.0. The van der Waals surface area contributed by atoms with Crippen molar-refractivity contribution in [3.63, 3.8) is 0 Å². The van der Waals surface area contributed by atoms with Gasteiger partial charge < -0.3 is 10.1 Å². The molecule has 0 bridgehead atoms. The molecule has 1 N–H and O–H groups in total. The molecule has 1 aliphatic rings. The second-order valence-corrected chi connectivity index (χ2v) is 7.98. The number of nitrogens with zero attached hydrogens (tertiary/aromatic N) is 3. The molecule has 3 aromatic heterocycles. The molecule has 0 aliphatic heterocycles. The van der Waals surface area contributed by atoms with Crippen LogP contribution in [0.25, 0.3) is 11.0 Å². The number of aromatic nitrogens is 3. The fourth-order valence-electron chi connectivity index (χ4n) is 2.99. The van der Waals surface area contributed by atoms with Gasteiger partial charge in [-0.25, -0.2) is 14.5 Å². The SMILES string of the molecule is COC(=O)c1ccc(NC(=O)c2cc(C3CC3)nc3c2cnn3C(C)C)s1. The summed E-state index contributed by atoms with van der Waals surface area (Å²) >= 11 is 1.18. The molecule has 0 atom stereocenters. The molecule has 0 radical (unpaired) electrons. The number of thiophene rings is 1. The Kier molecular flexibility index (Phi) is 4.43. The molecule has 1 amide bonds. The molecule has 3 aromatic rings. The van der Waals surface area contributed by atoms with Crippen molar-refractivity contribution in [1.82, 2.24) is 14.8 Å². The summed E-state index contributed by atoms with van der Waals surface area (Å²) in [4.78, 5) is 29.8. The van der Waals surface area contributed by atoms with Gasteiger partial charge in [0.25, 0.3) is 5.91 Å². The van der Waals surface area contributed by atoms with Gasteiger partial charge in [0.2, 0.25) is 0 Å². The highest BCUT2D eigenvalue weighted by Gasteiger charge is 2.28. The van der Waals surface area contributed by atoms with E-state index in [1.165, 1.54) is 18.4 Å². The predicted molar refractivity (Wildman–Crippen MR) is 103 cm³/mol. The molecule has 27 heavy (non-hydrogen) atoms. The number of fused-ring (bicyclic) bond motifs is 1. The highest BCUT2D eigenvalue weighted by atomic mass is 32.1. The summed E-state index contributed by atoms with van der Waals surface area (Å²) in [5, 5.41) is 8.63. The number of hydrogen-bond acceptors (Lipinski definition) is 6. The van der Waals surface area contributed by atoms with E-state index in [1.54, 1.807) is 18.3 Å². The zero-order chi connectivity index (χ0) is 19.1. The van der Waals surface area contributed by atoms with Crippen LogP contribution < -0.4 is 5.32 Å². The smallest absolute Gasteiger partial charge is 0.348 e. The first-order chi connectivity index (χ1) is 13.0. The van der Waals surface area contributed by atoms with Crippen LogP contribution in [0.5, 0.6) is 0 Å². The van der Waals surface area contributed by atoms with Gasteiger partial charge in [-0.2, -0.15) is 5.10 Å². The fraction of sp³-hybridized carbons (Fsp3) is 0.368. The van der Waals surface area contributed by atoms with Gasteiger partial charge >= 0.3 is 5.97 Å². The highest BCUT2D eigenvalue weighted by Crippen LogP contribution is 2.40. The largest absolute Gasteiger partial charge is 0.465 e. The predicted octanol–water partition coefficient (Wildman–Crippen LogP) is 3.99. The molecule has 4 rings (SSSR count). The number of rotatable bonds is 5. The average molecular weight is 384 g/mol. The van der Waals surface area contributed by atoms with Crippen molar-refractivity contribution in [2.75, 3.05) is 12.4 Å². The van der Waals surface area contributed by atoms with Gasteiger partial charge in [-0.1, -0.05) is 0 Å². The molecule has 0 spiro atoms. The van der Waals surface area contributed by atoms with Crippen molar-refractivity contribution in [2.45, 2.75) is 38.6 Å². The van der Waals surface area contributed by atoms with Crippen LogP contribution in [0.1, 0.15) is 64.4 Å². The van der Waals surface area contributed by atoms with E-state index in [4.69, 9.17) is 9.72 Å². The van der Waals surface area contributed by atoms with Crippen molar-refractivity contribution < 1.29 is 14.3 Å². The van der Waals surface area contributed by atoms with E-state index in [2.05, 4.69) is 10.4 Å². The lowest BCUT2D eigenvalue weighted by Gasteiger charge is -2.10. The monoisotopic (exact) mass is 384 g/mol. The molecule has 140 valence electrons. The van der Waals surface area contributed by atoms with Gasteiger partial charge in [-0.05, 0) is 44.9 Å². The molecule has 1 fully saturated rings. The van der Waals surface area contributed by atoms with E-state index >= 15 is 0 Å². The Morgan fingerprint density at radius 3 is 2.78 bits per heavy atom. The normalized spacial score (nSPS) is 13.9. The summed E-state index contributed by atoms with van der Waals surface area (Å²) in [7, 11) is 1.33. The molecule has 0 saturated heterocycles. The van der Waals surface area contributed by atoms with Crippen LogP contribution in [-0.4, -0.2) is 33.8 Å². The number of carbonyl (C=O) groups excluding carboxylic acids is 2. The second-order valence-electron chi connectivity index (χ2n) is 6.90. The van der Waals surface area contributed by atoms with Crippen LogP contribution in [0.3, 0.4) is 0 Å². The Hall–Kier alpha value is -2.74. The Bertz CT molecular complexity index is 1030. The minimum Gasteiger partial charge on any atom is -0.465 e. The molecule has 1 saturated carbocycles. The molecular formula is C19H20N4O3S. The van der Waals surface area contributed by atoms with Crippen LogP contribution in [0.15, 0.2) is 24.4 Å². The van der Waals surface area contributed by atoms with Gasteiger partial charge in [-0.3, -0.25) is 4.79 Å². The van der Waals surface area contributed by atoms with Crippen LogP contribution in [0, 0.1) is 0 Å². The topological polar surface area (TPSA) is 86.1 Å². The number of amides is 1. The molecule has 0 unspecified atom stereocenters. The zero-order valence-electron chi connectivity index (χ0n) is 15.4. The number of pyridine rings is 1. The van der Waals surface area contributed by atoms with Crippen molar-refractivity contribution in [3.05, 3.63) is 40.5 Å². The van der Waals surface area contributed by atoms with Crippen LogP contribution >= 0.6 is 11.3 Å². The molecule has 3 heterocycles. The van der Waals surface area contributed by atoms with Crippen molar-refractivity contribution in [3.8, 4) is 0 Å². The van der Waals surface area contributed by atoms with Crippen LogP contribution in [0.2, 0.25) is 0 Å². The lowest BCUT2D eigenvalue weighted by molar-refractivity contribution is 0.0606. The third-order valence-corrected chi connectivity index (χ3v) is 5.53. The Labute approximate surface area is 160 Å². The minimum atomic E-state index is -0.416. The number of ether oxygens (including phenoxy) is 1. The fourth-order valence-corrected chi connectivity index (χ4v) is 3.81. The number of nitrogens with one attached hydrogen (secondary N) is 1. The Balaban J connectivity index is 1.70. The summed E-state index contributed by atoms with van der Waals surface area (Å²) in [6.45, 7) is 4.08. The van der Waals surface area contributed by atoms with Gasteiger partial charge in [0.15, 0.2) is 5.65 Å². The maximum absolute atomic E-state index is 13.0. The first kappa shape index (κ1) is 17.7. The maximum Gasteiger partial charge on any atom is 0.348 e. The standard InChI is InChI=1S/C19H20N4O3S/c1-10(2)23-17-13(9-20-23)12(8-14(21-17)11-4-5-11)18(24)22-16-7-6-15(27-16)19(25)26-3/h6-11H,4-5H2,1-3H3,(H,22,24). The summed E-state index contributed by atoms with van der Waals surface area (Å²) in [6, 6.07) is 5.37. The lowest BCUT2D eigenvalue weighted by atomic mass is 10.1. The summed E-state index contributed by atoms with van der Waals surface area (Å²) in [5.74, 6) is -0.226. The third kappa shape index (κ3) is 3.32. The van der Waals surface area contributed by atoms with Gasteiger partial charge in [-0.15, -0.1) is 11.3 Å². The first-order valence-corrected chi connectivity index (χ1v) is 9.67. The van der Waals surface area contributed by atoms with E-state index in [0.717, 1.165) is 29.6 Å². The second kappa shape index (κ2) is 6.77. The highest BCUT2D eigenvalue weighted by molar-refractivity contribution is 7.18.